The van der Waals surface area contributed by atoms with Crippen LogP contribution in [0.15, 0.2) is 24.3 Å². The van der Waals surface area contributed by atoms with Crippen LogP contribution < -0.4 is 10.1 Å². The number of hydrogen-bond acceptors (Lipinski definition) is 3. The average Bonchev–Trinajstić information content (AvgIpc) is 2.90. The molecule has 2 aliphatic rings. The molecule has 3 heteroatoms. The van der Waals surface area contributed by atoms with E-state index in [9.17, 15) is 0 Å². The van der Waals surface area contributed by atoms with Crippen molar-refractivity contribution in [3.05, 3.63) is 29.8 Å². The van der Waals surface area contributed by atoms with Gasteiger partial charge in [-0.25, -0.2) is 0 Å². The van der Waals surface area contributed by atoms with Crippen molar-refractivity contribution in [2.24, 2.45) is 5.92 Å². The van der Waals surface area contributed by atoms with Gasteiger partial charge in [-0.15, -0.1) is 0 Å². The fourth-order valence-corrected chi connectivity index (χ4v) is 4.62. The van der Waals surface area contributed by atoms with Crippen LogP contribution in [-0.2, 0) is 0 Å². The van der Waals surface area contributed by atoms with Crippen LogP contribution in [0.4, 0.5) is 0 Å². The molecular weight excluding hydrogens is 266 g/mol. The van der Waals surface area contributed by atoms with Crippen LogP contribution in [0, 0.1) is 5.92 Å². The Balaban J connectivity index is 1.68. The summed E-state index contributed by atoms with van der Waals surface area (Å²) < 4.78 is 5.85. The summed E-state index contributed by atoms with van der Waals surface area (Å²) in [5.74, 6) is 2.86. The van der Waals surface area contributed by atoms with Crippen molar-refractivity contribution in [3.8, 4) is 5.75 Å². The minimum atomic E-state index is 0.454. The van der Waals surface area contributed by atoms with Gasteiger partial charge < -0.3 is 10.1 Å². The maximum atomic E-state index is 5.85. The first-order valence-electron chi connectivity index (χ1n) is 7.87. The van der Waals surface area contributed by atoms with Crippen molar-refractivity contribution >= 4 is 11.8 Å². The second kappa shape index (κ2) is 6.40. The Labute approximate surface area is 126 Å². The molecule has 1 aliphatic carbocycles. The average molecular weight is 291 g/mol. The van der Waals surface area contributed by atoms with E-state index in [2.05, 4.69) is 55.2 Å². The second-order valence-electron chi connectivity index (χ2n) is 6.06. The van der Waals surface area contributed by atoms with Crippen molar-refractivity contribution in [2.75, 3.05) is 12.4 Å². The summed E-state index contributed by atoms with van der Waals surface area (Å²) in [6.07, 6.45) is 4.02. The fourth-order valence-electron chi connectivity index (χ4n) is 3.48. The molecule has 1 aromatic rings. The molecule has 4 atom stereocenters. The normalized spacial score (nSPS) is 32.7. The molecule has 1 aromatic carbocycles. The zero-order valence-corrected chi connectivity index (χ0v) is 13.3. The van der Waals surface area contributed by atoms with Crippen LogP contribution in [0.5, 0.6) is 5.75 Å². The molecule has 3 rings (SSSR count). The highest BCUT2D eigenvalue weighted by Gasteiger charge is 2.32. The van der Waals surface area contributed by atoms with E-state index in [0.29, 0.717) is 18.0 Å². The number of thioether (sulfide) groups is 1. The third kappa shape index (κ3) is 2.99. The maximum Gasteiger partial charge on any atom is 0.124 e. The van der Waals surface area contributed by atoms with Crippen LogP contribution in [0.25, 0.3) is 0 Å². The van der Waals surface area contributed by atoms with Crippen LogP contribution >= 0.6 is 11.8 Å². The second-order valence-corrected chi connectivity index (χ2v) is 7.64. The van der Waals surface area contributed by atoms with Gasteiger partial charge in [-0.2, -0.15) is 11.8 Å². The predicted octanol–water partition coefficient (Wildman–Crippen LogP) is 4.02. The molecule has 1 saturated carbocycles. The Morgan fingerprint density at radius 1 is 1.30 bits per heavy atom. The topological polar surface area (TPSA) is 21.3 Å². The summed E-state index contributed by atoms with van der Waals surface area (Å²) in [4.78, 5) is 0. The zero-order chi connectivity index (χ0) is 13.9. The van der Waals surface area contributed by atoms with Crippen LogP contribution in [-0.4, -0.2) is 23.7 Å². The van der Waals surface area contributed by atoms with Gasteiger partial charge in [-0.1, -0.05) is 32.0 Å². The fraction of sp³-hybridized carbons (Fsp3) is 0.647. The highest BCUT2D eigenvalue weighted by molar-refractivity contribution is 7.99. The Morgan fingerprint density at radius 3 is 3.00 bits per heavy atom. The van der Waals surface area contributed by atoms with Gasteiger partial charge in [0.25, 0.3) is 0 Å². The first-order valence-corrected chi connectivity index (χ1v) is 8.92. The van der Waals surface area contributed by atoms with Crippen molar-refractivity contribution in [1.82, 2.24) is 5.32 Å². The summed E-state index contributed by atoms with van der Waals surface area (Å²) in [6.45, 7) is 5.39. The van der Waals surface area contributed by atoms with E-state index in [1.807, 2.05) is 0 Å². The summed E-state index contributed by atoms with van der Waals surface area (Å²) >= 11 is 2.13. The Hall–Kier alpha value is -0.670. The first-order chi connectivity index (χ1) is 9.78. The molecule has 0 bridgehead atoms. The van der Waals surface area contributed by atoms with Gasteiger partial charge in [0.1, 0.15) is 5.75 Å². The lowest BCUT2D eigenvalue weighted by Crippen LogP contribution is -2.39. The quantitative estimate of drug-likeness (QED) is 0.905. The molecule has 1 N–H and O–H groups in total. The summed E-state index contributed by atoms with van der Waals surface area (Å²) in [6, 6.07) is 9.64. The molecule has 1 heterocycles. The molecular formula is C17H25NOS. The Bertz CT molecular complexity index is 450. The smallest absolute Gasteiger partial charge is 0.124 e. The Morgan fingerprint density at radius 2 is 2.15 bits per heavy atom. The molecule has 0 aromatic heterocycles. The van der Waals surface area contributed by atoms with Crippen molar-refractivity contribution in [3.63, 3.8) is 0 Å². The summed E-state index contributed by atoms with van der Waals surface area (Å²) in [7, 11) is 0. The van der Waals surface area contributed by atoms with Crippen LogP contribution in [0.2, 0.25) is 0 Å². The number of hydrogen-bond donors (Lipinski definition) is 1. The lowest BCUT2D eigenvalue weighted by Gasteiger charge is -2.34. The van der Waals surface area contributed by atoms with Gasteiger partial charge >= 0.3 is 0 Å². The molecule has 20 heavy (non-hydrogen) atoms. The highest BCUT2D eigenvalue weighted by atomic mass is 32.2. The van der Waals surface area contributed by atoms with Crippen molar-refractivity contribution in [1.29, 1.82) is 0 Å². The van der Waals surface area contributed by atoms with Gasteiger partial charge in [0.05, 0.1) is 6.61 Å². The predicted molar refractivity (Wildman–Crippen MR) is 86.5 cm³/mol. The number of nitrogens with one attached hydrogen (secondary N) is 1. The van der Waals surface area contributed by atoms with E-state index in [1.165, 1.54) is 30.6 Å². The number of fused-ring (bicyclic) bond motifs is 1. The van der Waals surface area contributed by atoms with Crippen LogP contribution in [0.3, 0.4) is 0 Å². The third-order valence-corrected chi connectivity index (χ3v) is 5.76. The minimum absolute atomic E-state index is 0.454. The molecule has 0 saturated heterocycles. The molecule has 0 amide bonds. The van der Waals surface area contributed by atoms with E-state index in [0.717, 1.165) is 17.6 Å². The summed E-state index contributed by atoms with van der Waals surface area (Å²) in [5, 5.41) is 4.78. The monoisotopic (exact) mass is 291 g/mol. The standard InChI is InChI=1S/C17H25NOS/c1-3-20-14-9-8-13(10-14)18-17-12(2)11-19-16-7-5-4-6-15(16)17/h4-7,12-14,17-18H,3,8-11H2,1-2H3. The Kier molecular flexibility index (Phi) is 4.57. The molecule has 0 radical (unpaired) electrons. The SMILES string of the molecule is CCSC1CCC(NC2c3ccccc3OCC2C)C1. The summed E-state index contributed by atoms with van der Waals surface area (Å²) in [5.41, 5.74) is 1.35. The first kappa shape index (κ1) is 14.3. The van der Waals surface area contributed by atoms with Gasteiger partial charge in [-0.3, -0.25) is 0 Å². The van der Waals surface area contributed by atoms with Gasteiger partial charge in [-0.05, 0) is 31.1 Å². The third-order valence-electron chi connectivity index (χ3n) is 4.53. The van der Waals surface area contributed by atoms with E-state index in [1.54, 1.807) is 0 Å². The van der Waals surface area contributed by atoms with Crippen molar-refractivity contribution in [2.45, 2.75) is 50.4 Å². The molecule has 1 fully saturated rings. The van der Waals surface area contributed by atoms with Crippen LogP contribution in [0.1, 0.15) is 44.7 Å². The molecule has 110 valence electrons. The van der Waals surface area contributed by atoms with Gasteiger partial charge in [0.15, 0.2) is 0 Å². The zero-order valence-electron chi connectivity index (χ0n) is 12.5. The van der Waals surface area contributed by atoms with E-state index < -0.39 is 0 Å². The van der Waals surface area contributed by atoms with E-state index in [-0.39, 0.29) is 0 Å². The maximum absolute atomic E-state index is 5.85. The molecule has 0 spiro atoms. The minimum Gasteiger partial charge on any atom is -0.493 e. The van der Waals surface area contributed by atoms with Crippen molar-refractivity contribution < 1.29 is 4.74 Å². The molecule has 2 nitrogen and oxygen atoms in total. The molecule has 4 unspecified atom stereocenters. The lowest BCUT2D eigenvalue weighted by atomic mass is 9.91. The van der Waals surface area contributed by atoms with E-state index in [4.69, 9.17) is 4.74 Å². The van der Waals surface area contributed by atoms with Gasteiger partial charge in [0.2, 0.25) is 0 Å². The number of ether oxygens (including phenoxy) is 1. The number of rotatable bonds is 4. The molecule has 1 aliphatic heterocycles. The van der Waals surface area contributed by atoms with E-state index >= 15 is 0 Å². The number of para-hydroxylation sites is 1. The van der Waals surface area contributed by atoms with Gasteiger partial charge in [0, 0.05) is 28.8 Å². The largest absolute Gasteiger partial charge is 0.493 e. The lowest BCUT2D eigenvalue weighted by molar-refractivity contribution is 0.180. The highest BCUT2D eigenvalue weighted by Crippen LogP contribution is 2.37. The number of benzene rings is 1.